The fraction of sp³-hybridized carbons (Fsp3) is 0.769. The molecule has 0 aliphatic carbocycles. The van der Waals surface area contributed by atoms with Crippen LogP contribution < -0.4 is 5.32 Å². The lowest BCUT2D eigenvalue weighted by molar-refractivity contribution is 0.0803. The molecule has 1 heterocycles. The minimum atomic E-state index is 0.0345. The Morgan fingerprint density at radius 1 is 1.53 bits per heavy atom. The third kappa shape index (κ3) is 4.45. The Morgan fingerprint density at radius 3 is 2.74 bits per heavy atom. The van der Waals surface area contributed by atoms with Gasteiger partial charge in [0.15, 0.2) is 0 Å². The molecule has 1 rings (SSSR count). The van der Waals surface area contributed by atoms with Gasteiger partial charge in [0.2, 0.25) is 0 Å². The number of hydrogen-bond donors (Lipinski definition) is 1. The van der Waals surface area contributed by atoms with Crippen LogP contribution in [0.25, 0.3) is 0 Å². The SMILES string of the molecule is CCNC(c1c(Cl)cnn1CCN(C)C)C(C)OC. The molecule has 0 saturated carbocycles. The molecule has 0 bridgehead atoms. The van der Waals surface area contributed by atoms with Crippen LogP contribution >= 0.6 is 11.6 Å². The van der Waals surface area contributed by atoms with Crippen molar-refractivity contribution >= 4 is 11.6 Å². The summed E-state index contributed by atoms with van der Waals surface area (Å²) in [5, 5.41) is 8.48. The van der Waals surface area contributed by atoms with E-state index in [2.05, 4.69) is 22.2 Å². The summed E-state index contributed by atoms with van der Waals surface area (Å²) >= 11 is 6.30. The molecule has 2 unspecified atom stereocenters. The van der Waals surface area contributed by atoms with Crippen molar-refractivity contribution in [3.05, 3.63) is 16.9 Å². The van der Waals surface area contributed by atoms with Gasteiger partial charge in [0.1, 0.15) is 0 Å². The number of nitrogens with zero attached hydrogens (tertiary/aromatic N) is 3. The average molecular weight is 289 g/mol. The average Bonchev–Trinajstić information content (AvgIpc) is 2.74. The number of nitrogens with one attached hydrogen (secondary N) is 1. The van der Waals surface area contributed by atoms with Gasteiger partial charge in [-0.2, -0.15) is 5.10 Å². The van der Waals surface area contributed by atoms with E-state index in [1.807, 2.05) is 25.7 Å². The van der Waals surface area contributed by atoms with E-state index in [4.69, 9.17) is 16.3 Å². The first-order chi connectivity index (χ1) is 9.01. The van der Waals surface area contributed by atoms with Crippen molar-refractivity contribution in [3.8, 4) is 0 Å². The number of ether oxygens (including phenoxy) is 1. The highest BCUT2D eigenvalue weighted by Gasteiger charge is 2.25. The maximum absolute atomic E-state index is 6.30. The van der Waals surface area contributed by atoms with Crippen LogP contribution in [0.15, 0.2) is 6.20 Å². The van der Waals surface area contributed by atoms with Gasteiger partial charge in [0, 0.05) is 13.7 Å². The zero-order valence-corrected chi connectivity index (χ0v) is 13.2. The molecule has 1 N–H and O–H groups in total. The van der Waals surface area contributed by atoms with E-state index in [0.29, 0.717) is 5.02 Å². The molecule has 19 heavy (non-hydrogen) atoms. The van der Waals surface area contributed by atoms with Crippen LogP contribution in [0.5, 0.6) is 0 Å². The zero-order chi connectivity index (χ0) is 14.4. The van der Waals surface area contributed by atoms with E-state index in [1.54, 1.807) is 13.3 Å². The molecule has 0 amide bonds. The summed E-state index contributed by atoms with van der Waals surface area (Å²) in [6.07, 6.45) is 1.74. The van der Waals surface area contributed by atoms with E-state index >= 15 is 0 Å². The van der Waals surface area contributed by atoms with Gasteiger partial charge in [-0.1, -0.05) is 18.5 Å². The highest BCUT2D eigenvalue weighted by Crippen LogP contribution is 2.26. The van der Waals surface area contributed by atoms with Crippen LogP contribution in [0, 0.1) is 0 Å². The summed E-state index contributed by atoms with van der Waals surface area (Å²) in [6.45, 7) is 6.70. The topological polar surface area (TPSA) is 42.3 Å². The molecule has 0 aliphatic heterocycles. The Balaban J connectivity index is 2.96. The van der Waals surface area contributed by atoms with Gasteiger partial charge < -0.3 is 15.0 Å². The maximum Gasteiger partial charge on any atom is 0.0835 e. The zero-order valence-electron chi connectivity index (χ0n) is 12.5. The van der Waals surface area contributed by atoms with E-state index < -0.39 is 0 Å². The summed E-state index contributed by atoms with van der Waals surface area (Å²) in [5.41, 5.74) is 1.000. The lowest BCUT2D eigenvalue weighted by atomic mass is 10.1. The van der Waals surface area contributed by atoms with Crippen molar-refractivity contribution in [1.29, 1.82) is 0 Å². The van der Waals surface area contributed by atoms with Crippen molar-refractivity contribution in [2.24, 2.45) is 0 Å². The minimum absolute atomic E-state index is 0.0345. The first-order valence-corrected chi connectivity index (χ1v) is 7.01. The molecule has 0 spiro atoms. The molecule has 1 aromatic heterocycles. The molecule has 0 aromatic carbocycles. The quantitative estimate of drug-likeness (QED) is 0.792. The third-order valence-electron chi connectivity index (χ3n) is 3.15. The van der Waals surface area contributed by atoms with Gasteiger partial charge in [0.25, 0.3) is 0 Å². The molecular formula is C13H25ClN4O. The Morgan fingerprint density at radius 2 is 2.21 bits per heavy atom. The van der Waals surface area contributed by atoms with Crippen LogP contribution in [0.1, 0.15) is 25.6 Å². The van der Waals surface area contributed by atoms with Crippen LogP contribution in [0.2, 0.25) is 5.02 Å². The first-order valence-electron chi connectivity index (χ1n) is 6.63. The summed E-state index contributed by atoms with van der Waals surface area (Å²) in [7, 11) is 5.80. The summed E-state index contributed by atoms with van der Waals surface area (Å²) < 4.78 is 7.42. The number of aromatic nitrogens is 2. The van der Waals surface area contributed by atoms with Gasteiger partial charge in [-0.3, -0.25) is 4.68 Å². The Labute approximate surface area is 120 Å². The maximum atomic E-state index is 6.30. The summed E-state index contributed by atoms with van der Waals surface area (Å²) in [4.78, 5) is 2.13. The molecule has 110 valence electrons. The van der Waals surface area contributed by atoms with Crippen molar-refractivity contribution in [3.63, 3.8) is 0 Å². The summed E-state index contributed by atoms with van der Waals surface area (Å²) in [5.74, 6) is 0. The number of methoxy groups -OCH3 is 1. The molecule has 0 saturated heterocycles. The molecule has 0 aliphatic rings. The molecule has 5 nitrogen and oxygen atoms in total. The van der Waals surface area contributed by atoms with Crippen LogP contribution in [0.3, 0.4) is 0 Å². The van der Waals surface area contributed by atoms with Crippen molar-refractivity contribution in [1.82, 2.24) is 20.0 Å². The number of rotatable bonds is 8. The predicted molar refractivity (Wildman–Crippen MR) is 78.7 cm³/mol. The smallest absolute Gasteiger partial charge is 0.0835 e. The van der Waals surface area contributed by atoms with Crippen molar-refractivity contribution in [2.45, 2.75) is 32.5 Å². The number of halogens is 1. The Hall–Kier alpha value is -0.620. The van der Waals surface area contributed by atoms with Crippen LogP contribution in [-0.4, -0.2) is 55.1 Å². The van der Waals surface area contributed by atoms with E-state index in [-0.39, 0.29) is 12.1 Å². The Kier molecular flexibility index (Phi) is 6.79. The molecule has 0 radical (unpaired) electrons. The van der Waals surface area contributed by atoms with Crippen molar-refractivity contribution < 1.29 is 4.74 Å². The molecule has 2 atom stereocenters. The van der Waals surface area contributed by atoms with E-state index in [0.717, 1.165) is 25.3 Å². The van der Waals surface area contributed by atoms with E-state index in [9.17, 15) is 0 Å². The second kappa shape index (κ2) is 7.85. The normalized spacial score (nSPS) is 14.9. The minimum Gasteiger partial charge on any atom is -0.380 e. The fourth-order valence-corrected chi connectivity index (χ4v) is 2.25. The van der Waals surface area contributed by atoms with Gasteiger partial charge in [-0.15, -0.1) is 0 Å². The summed E-state index contributed by atoms with van der Waals surface area (Å²) in [6, 6.07) is 0.0483. The highest BCUT2D eigenvalue weighted by atomic mass is 35.5. The molecule has 1 aromatic rings. The van der Waals surface area contributed by atoms with Crippen LogP contribution in [-0.2, 0) is 11.3 Å². The van der Waals surface area contributed by atoms with E-state index in [1.165, 1.54) is 0 Å². The van der Waals surface area contributed by atoms with Gasteiger partial charge >= 0.3 is 0 Å². The number of hydrogen-bond acceptors (Lipinski definition) is 4. The molecule has 6 heteroatoms. The molecular weight excluding hydrogens is 264 g/mol. The van der Waals surface area contributed by atoms with Gasteiger partial charge in [-0.25, -0.2) is 0 Å². The second-order valence-electron chi connectivity index (χ2n) is 4.88. The van der Waals surface area contributed by atoms with Gasteiger partial charge in [-0.05, 0) is 27.6 Å². The van der Waals surface area contributed by atoms with Gasteiger partial charge in [0.05, 0.1) is 35.6 Å². The third-order valence-corrected chi connectivity index (χ3v) is 3.44. The lowest BCUT2D eigenvalue weighted by Crippen LogP contribution is -2.34. The predicted octanol–water partition coefficient (Wildman–Crippen LogP) is 1.78. The standard InChI is InChI=1S/C13H25ClN4O/c1-6-15-12(10(2)19-5)13-11(14)9-16-18(13)8-7-17(3)4/h9-10,12,15H,6-8H2,1-5H3. The first kappa shape index (κ1) is 16.4. The highest BCUT2D eigenvalue weighted by molar-refractivity contribution is 6.31. The Bertz CT molecular complexity index is 381. The van der Waals surface area contributed by atoms with Crippen molar-refractivity contribution in [2.75, 3.05) is 34.3 Å². The monoisotopic (exact) mass is 288 g/mol. The van der Waals surface area contributed by atoms with Crippen LogP contribution in [0.4, 0.5) is 0 Å². The number of likely N-dealkylation sites (N-methyl/N-ethyl adjacent to an activating group) is 2. The second-order valence-corrected chi connectivity index (χ2v) is 5.29. The fourth-order valence-electron chi connectivity index (χ4n) is 1.99. The largest absolute Gasteiger partial charge is 0.380 e. The molecule has 0 fully saturated rings. The lowest BCUT2D eigenvalue weighted by Gasteiger charge is -2.25.